The lowest BCUT2D eigenvalue weighted by molar-refractivity contribution is 0.0850. The highest BCUT2D eigenvalue weighted by atomic mass is 32.1. The van der Waals surface area contributed by atoms with Crippen molar-refractivity contribution < 1.29 is 0 Å². The maximum Gasteiger partial charge on any atom is 0.0464 e. The first-order valence-corrected chi connectivity index (χ1v) is 9.14. The summed E-state index contributed by atoms with van der Waals surface area (Å²) in [6, 6.07) is 5.94. The predicted octanol–water partition coefficient (Wildman–Crippen LogP) is 3.91. The number of hydrogen-bond donors (Lipinski definition) is 1. The monoisotopic (exact) mass is 292 g/mol. The van der Waals surface area contributed by atoms with Gasteiger partial charge in [-0.3, -0.25) is 4.90 Å². The average Bonchev–Trinajstić information content (AvgIpc) is 3.12. The second kappa shape index (κ2) is 6.59. The topological polar surface area (TPSA) is 15.3 Å². The van der Waals surface area contributed by atoms with E-state index in [1.54, 1.807) is 4.88 Å². The number of thiophene rings is 1. The molecule has 1 aromatic rings. The smallest absolute Gasteiger partial charge is 0.0464 e. The minimum atomic E-state index is 0.624. The van der Waals surface area contributed by atoms with Crippen LogP contribution in [0.4, 0.5) is 0 Å². The van der Waals surface area contributed by atoms with Gasteiger partial charge in [0.15, 0.2) is 0 Å². The standard InChI is InChI=1S/C17H28N2S/c1-13(2)17(16-8-5-11-20-16)19-10-4-6-14(12-19)15-7-3-9-18-15/h5,8,11,13-15,17-18H,3-4,6-7,9-10,12H2,1-2H3. The Balaban J connectivity index is 1.70. The van der Waals surface area contributed by atoms with Gasteiger partial charge in [-0.2, -0.15) is 0 Å². The first kappa shape index (κ1) is 14.6. The van der Waals surface area contributed by atoms with Crippen LogP contribution in [0.1, 0.15) is 50.4 Å². The number of rotatable bonds is 4. The van der Waals surface area contributed by atoms with Gasteiger partial charge in [0.25, 0.3) is 0 Å². The molecule has 2 fully saturated rings. The van der Waals surface area contributed by atoms with E-state index >= 15 is 0 Å². The zero-order chi connectivity index (χ0) is 13.9. The van der Waals surface area contributed by atoms with Crippen molar-refractivity contribution in [3.05, 3.63) is 22.4 Å². The van der Waals surface area contributed by atoms with Crippen molar-refractivity contribution in [3.8, 4) is 0 Å². The highest BCUT2D eigenvalue weighted by molar-refractivity contribution is 7.10. The van der Waals surface area contributed by atoms with E-state index in [0.717, 1.165) is 12.0 Å². The maximum absolute atomic E-state index is 3.73. The zero-order valence-electron chi connectivity index (χ0n) is 12.8. The van der Waals surface area contributed by atoms with Gasteiger partial charge in [0.2, 0.25) is 0 Å². The van der Waals surface area contributed by atoms with Crippen LogP contribution in [0, 0.1) is 11.8 Å². The molecule has 2 aliphatic heterocycles. The van der Waals surface area contributed by atoms with E-state index in [1.807, 2.05) is 11.3 Å². The van der Waals surface area contributed by atoms with Gasteiger partial charge in [-0.1, -0.05) is 19.9 Å². The van der Waals surface area contributed by atoms with E-state index in [1.165, 1.54) is 45.3 Å². The normalized spacial score (nSPS) is 29.9. The molecule has 112 valence electrons. The minimum Gasteiger partial charge on any atom is -0.314 e. The van der Waals surface area contributed by atoms with Crippen LogP contribution < -0.4 is 5.32 Å². The van der Waals surface area contributed by atoms with Crippen molar-refractivity contribution in [1.29, 1.82) is 0 Å². The fraction of sp³-hybridized carbons (Fsp3) is 0.765. The molecule has 1 N–H and O–H groups in total. The molecule has 0 spiro atoms. The summed E-state index contributed by atoms with van der Waals surface area (Å²) in [5.41, 5.74) is 0. The lowest BCUT2D eigenvalue weighted by Gasteiger charge is -2.41. The van der Waals surface area contributed by atoms with E-state index in [9.17, 15) is 0 Å². The van der Waals surface area contributed by atoms with Crippen molar-refractivity contribution in [1.82, 2.24) is 10.2 Å². The Kier molecular flexibility index (Phi) is 4.79. The number of nitrogens with zero attached hydrogens (tertiary/aromatic N) is 1. The Hall–Kier alpha value is -0.380. The highest BCUT2D eigenvalue weighted by Gasteiger charge is 2.33. The van der Waals surface area contributed by atoms with Crippen molar-refractivity contribution >= 4 is 11.3 Å². The molecule has 2 saturated heterocycles. The fourth-order valence-corrected chi connectivity index (χ4v) is 5.16. The second-order valence-corrected chi connectivity index (χ2v) is 7.78. The highest BCUT2D eigenvalue weighted by Crippen LogP contribution is 2.36. The van der Waals surface area contributed by atoms with Gasteiger partial charge in [0.1, 0.15) is 0 Å². The SMILES string of the molecule is CC(C)C(c1cccs1)N1CCCC(C2CCCN2)C1. The third-order valence-corrected chi connectivity index (χ3v) is 5.96. The van der Waals surface area contributed by atoms with E-state index in [0.29, 0.717) is 12.0 Å². The molecule has 3 rings (SSSR count). The molecular weight excluding hydrogens is 264 g/mol. The van der Waals surface area contributed by atoms with Gasteiger partial charge in [-0.15, -0.1) is 11.3 Å². The van der Waals surface area contributed by atoms with E-state index in [2.05, 4.69) is 41.6 Å². The molecule has 3 unspecified atom stereocenters. The molecule has 0 aliphatic carbocycles. The third-order valence-electron chi connectivity index (χ3n) is 5.02. The van der Waals surface area contributed by atoms with Gasteiger partial charge >= 0.3 is 0 Å². The summed E-state index contributed by atoms with van der Waals surface area (Å²) in [6.07, 6.45) is 5.56. The summed E-state index contributed by atoms with van der Waals surface area (Å²) in [5.74, 6) is 1.57. The van der Waals surface area contributed by atoms with Crippen molar-refractivity contribution in [3.63, 3.8) is 0 Å². The van der Waals surface area contributed by atoms with Gasteiger partial charge < -0.3 is 5.32 Å². The van der Waals surface area contributed by atoms with E-state index in [4.69, 9.17) is 0 Å². The molecule has 3 atom stereocenters. The molecule has 0 amide bonds. The fourth-order valence-electron chi connectivity index (χ4n) is 4.12. The van der Waals surface area contributed by atoms with Crippen LogP contribution in [0.2, 0.25) is 0 Å². The summed E-state index contributed by atoms with van der Waals surface area (Å²) >= 11 is 1.93. The van der Waals surface area contributed by atoms with Crippen molar-refractivity contribution in [2.45, 2.75) is 51.6 Å². The Morgan fingerprint density at radius 2 is 2.20 bits per heavy atom. The molecule has 2 nitrogen and oxygen atoms in total. The lowest BCUT2D eigenvalue weighted by Crippen LogP contribution is -2.45. The Bertz CT molecular complexity index is 395. The lowest BCUT2D eigenvalue weighted by atomic mass is 9.87. The summed E-state index contributed by atoms with van der Waals surface area (Å²) in [7, 11) is 0. The van der Waals surface area contributed by atoms with Crippen LogP contribution in [0.25, 0.3) is 0 Å². The van der Waals surface area contributed by atoms with E-state index in [-0.39, 0.29) is 0 Å². The van der Waals surface area contributed by atoms with Crippen LogP contribution in [-0.4, -0.2) is 30.6 Å². The molecule has 2 aliphatic rings. The molecule has 20 heavy (non-hydrogen) atoms. The van der Waals surface area contributed by atoms with Gasteiger partial charge in [-0.05, 0) is 62.1 Å². The van der Waals surface area contributed by atoms with Gasteiger partial charge in [-0.25, -0.2) is 0 Å². The summed E-state index contributed by atoms with van der Waals surface area (Å²) in [4.78, 5) is 4.32. The molecular formula is C17H28N2S. The quantitative estimate of drug-likeness (QED) is 0.905. The summed E-state index contributed by atoms with van der Waals surface area (Å²) in [5, 5.41) is 5.95. The Labute approximate surface area is 127 Å². The number of nitrogens with one attached hydrogen (secondary N) is 1. The molecule has 3 heteroatoms. The van der Waals surface area contributed by atoms with Gasteiger partial charge in [0.05, 0.1) is 0 Å². The largest absolute Gasteiger partial charge is 0.314 e. The number of likely N-dealkylation sites (tertiary alicyclic amines) is 1. The molecule has 1 aromatic heterocycles. The van der Waals surface area contributed by atoms with Crippen LogP contribution in [0.3, 0.4) is 0 Å². The zero-order valence-corrected chi connectivity index (χ0v) is 13.7. The van der Waals surface area contributed by atoms with Crippen LogP contribution >= 0.6 is 11.3 Å². The maximum atomic E-state index is 3.73. The number of piperidine rings is 1. The number of hydrogen-bond acceptors (Lipinski definition) is 3. The van der Waals surface area contributed by atoms with Crippen LogP contribution in [-0.2, 0) is 0 Å². The molecule has 0 bridgehead atoms. The van der Waals surface area contributed by atoms with Crippen molar-refractivity contribution in [2.75, 3.05) is 19.6 Å². The summed E-state index contributed by atoms with van der Waals surface area (Å²) in [6.45, 7) is 8.56. The van der Waals surface area contributed by atoms with Crippen LogP contribution in [0.5, 0.6) is 0 Å². The first-order valence-electron chi connectivity index (χ1n) is 8.26. The average molecular weight is 292 g/mol. The molecule has 3 heterocycles. The van der Waals surface area contributed by atoms with E-state index < -0.39 is 0 Å². The first-order chi connectivity index (χ1) is 9.75. The van der Waals surface area contributed by atoms with Crippen LogP contribution in [0.15, 0.2) is 17.5 Å². The predicted molar refractivity (Wildman–Crippen MR) is 87.2 cm³/mol. The third kappa shape index (κ3) is 3.10. The summed E-state index contributed by atoms with van der Waals surface area (Å²) < 4.78 is 0. The minimum absolute atomic E-state index is 0.624. The second-order valence-electron chi connectivity index (χ2n) is 6.80. The molecule has 0 radical (unpaired) electrons. The van der Waals surface area contributed by atoms with Crippen molar-refractivity contribution in [2.24, 2.45) is 11.8 Å². The molecule has 0 saturated carbocycles. The Morgan fingerprint density at radius 1 is 1.30 bits per heavy atom. The van der Waals surface area contributed by atoms with Gasteiger partial charge in [0, 0.05) is 23.5 Å². The Morgan fingerprint density at radius 3 is 2.85 bits per heavy atom. The molecule has 0 aromatic carbocycles.